The zero-order chi connectivity index (χ0) is 11.8. The molecule has 2 aromatic heterocycles. The summed E-state index contributed by atoms with van der Waals surface area (Å²) in [5.74, 6) is 1.44. The molecule has 0 amide bonds. The van der Waals surface area contributed by atoms with Crippen LogP contribution in [0.3, 0.4) is 0 Å². The number of rotatable bonds is 3. The fraction of sp³-hybridized carbons (Fsp3) is 0.455. The Morgan fingerprint density at radius 2 is 2.19 bits per heavy atom. The van der Waals surface area contributed by atoms with E-state index in [0.29, 0.717) is 5.88 Å². The van der Waals surface area contributed by atoms with Crippen LogP contribution in [0.2, 0.25) is 0 Å². The fourth-order valence-electron chi connectivity index (χ4n) is 1.48. The van der Waals surface area contributed by atoms with E-state index in [0.717, 1.165) is 11.3 Å². The second-order valence-corrected chi connectivity index (χ2v) is 4.68. The van der Waals surface area contributed by atoms with Gasteiger partial charge in [-0.25, -0.2) is 9.50 Å². The second-order valence-electron chi connectivity index (χ2n) is 4.42. The molecule has 0 aliphatic rings. The Morgan fingerprint density at radius 3 is 2.88 bits per heavy atom. The van der Waals surface area contributed by atoms with E-state index >= 15 is 0 Å². The molecule has 2 aromatic rings. The SMILES string of the molecule is CN(c1nccn2nccc12)C(C)(C)CCl. The lowest BCUT2D eigenvalue weighted by atomic mass is 10.1. The number of halogens is 1. The first-order valence-corrected chi connectivity index (χ1v) is 5.68. The Labute approximate surface area is 99.8 Å². The maximum atomic E-state index is 5.97. The van der Waals surface area contributed by atoms with Gasteiger partial charge in [0, 0.05) is 30.9 Å². The first-order chi connectivity index (χ1) is 7.56. The van der Waals surface area contributed by atoms with Crippen LogP contribution >= 0.6 is 11.6 Å². The van der Waals surface area contributed by atoms with E-state index in [2.05, 4.69) is 28.8 Å². The van der Waals surface area contributed by atoms with Crippen LogP contribution in [0.25, 0.3) is 5.52 Å². The molecule has 4 nitrogen and oxygen atoms in total. The quantitative estimate of drug-likeness (QED) is 0.769. The summed E-state index contributed by atoms with van der Waals surface area (Å²) in [5, 5.41) is 4.19. The van der Waals surface area contributed by atoms with Crippen LogP contribution in [0.5, 0.6) is 0 Å². The van der Waals surface area contributed by atoms with Crippen molar-refractivity contribution in [2.24, 2.45) is 0 Å². The molecule has 16 heavy (non-hydrogen) atoms. The summed E-state index contributed by atoms with van der Waals surface area (Å²) in [6, 6.07) is 1.95. The molecule has 2 heterocycles. The molecule has 0 radical (unpaired) electrons. The van der Waals surface area contributed by atoms with E-state index in [1.54, 1.807) is 12.4 Å². The molecule has 0 saturated heterocycles. The third kappa shape index (κ3) is 1.73. The van der Waals surface area contributed by atoms with Crippen LogP contribution in [-0.2, 0) is 0 Å². The molecule has 0 aliphatic heterocycles. The minimum atomic E-state index is -0.138. The number of nitrogens with zero attached hydrogens (tertiary/aromatic N) is 4. The van der Waals surface area contributed by atoms with Crippen LogP contribution < -0.4 is 4.90 Å². The van der Waals surface area contributed by atoms with E-state index in [4.69, 9.17) is 11.6 Å². The summed E-state index contributed by atoms with van der Waals surface area (Å²) < 4.78 is 1.81. The maximum Gasteiger partial charge on any atom is 0.154 e. The van der Waals surface area contributed by atoms with Gasteiger partial charge in [0.15, 0.2) is 5.82 Å². The average molecular weight is 239 g/mol. The van der Waals surface area contributed by atoms with Gasteiger partial charge in [0.2, 0.25) is 0 Å². The summed E-state index contributed by atoms with van der Waals surface area (Å²) in [7, 11) is 2.00. The van der Waals surface area contributed by atoms with Crippen molar-refractivity contribution < 1.29 is 0 Å². The van der Waals surface area contributed by atoms with Gasteiger partial charge in [0.1, 0.15) is 5.52 Å². The lowest BCUT2D eigenvalue weighted by Gasteiger charge is -2.35. The molecule has 0 aromatic carbocycles. The molecule has 5 heteroatoms. The van der Waals surface area contributed by atoms with Crippen LogP contribution in [0.1, 0.15) is 13.8 Å². The number of hydrogen-bond acceptors (Lipinski definition) is 3. The molecule has 0 unspecified atom stereocenters. The summed E-state index contributed by atoms with van der Waals surface area (Å²) in [6.45, 7) is 4.17. The van der Waals surface area contributed by atoms with Gasteiger partial charge in [0.05, 0.1) is 6.20 Å². The van der Waals surface area contributed by atoms with Crippen molar-refractivity contribution in [3.63, 3.8) is 0 Å². The highest BCUT2D eigenvalue weighted by Crippen LogP contribution is 2.24. The predicted molar refractivity (Wildman–Crippen MR) is 66.2 cm³/mol. The van der Waals surface area contributed by atoms with Gasteiger partial charge in [-0.05, 0) is 19.9 Å². The minimum Gasteiger partial charge on any atom is -0.352 e. The summed E-state index contributed by atoms with van der Waals surface area (Å²) in [6.07, 6.45) is 5.35. The van der Waals surface area contributed by atoms with Crippen molar-refractivity contribution in [3.8, 4) is 0 Å². The highest BCUT2D eigenvalue weighted by Gasteiger charge is 2.25. The Kier molecular flexibility index (Phi) is 2.76. The van der Waals surface area contributed by atoms with E-state index < -0.39 is 0 Å². The molecule has 0 saturated carbocycles. The van der Waals surface area contributed by atoms with Gasteiger partial charge in [0.25, 0.3) is 0 Å². The van der Waals surface area contributed by atoms with E-state index in [1.165, 1.54) is 0 Å². The van der Waals surface area contributed by atoms with Crippen LogP contribution in [0.4, 0.5) is 5.82 Å². The number of hydrogen-bond donors (Lipinski definition) is 0. The van der Waals surface area contributed by atoms with Crippen LogP contribution in [0, 0.1) is 0 Å². The molecule has 86 valence electrons. The smallest absolute Gasteiger partial charge is 0.154 e. The Morgan fingerprint density at radius 1 is 1.44 bits per heavy atom. The van der Waals surface area contributed by atoms with Crippen molar-refractivity contribution in [3.05, 3.63) is 24.7 Å². The van der Waals surface area contributed by atoms with E-state index in [1.807, 2.05) is 23.8 Å². The van der Waals surface area contributed by atoms with Crippen molar-refractivity contribution in [1.29, 1.82) is 0 Å². The van der Waals surface area contributed by atoms with Crippen molar-refractivity contribution in [2.75, 3.05) is 17.8 Å². The number of alkyl halides is 1. The normalized spacial score (nSPS) is 12.0. The molecule has 0 fully saturated rings. The highest BCUT2D eigenvalue weighted by atomic mass is 35.5. The van der Waals surface area contributed by atoms with E-state index in [9.17, 15) is 0 Å². The summed E-state index contributed by atoms with van der Waals surface area (Å²) >= 11 is 5.97. The molecule has 0 bridgehead atoms. The Bertz CT molecular complexity index is 491. The average Bonchev–Trinajstić information content (AvgIpc) is 2.75. The Hall–Kier alpha value is -1.29. The highest BCUT2D eigenvalue weighted by molar-refractivity contribution is 6.18. The van der Waals surface area contributed by atoms with Gasteiger partial charge in [-0.1, -0.05) is 0 Å². The van der Waals surface area contributed by atoms with Crippen molar-refractivity contribution in [2.45, 2.75) is 19.4 Å². The van der Waals surface area contributed by atoms with Gasteiger partial charge < -0.3 is 4.90 Å². The number of aromatic nitrogens is 3. The van der Waals surface area contributed by atoms with Crippen molar-refractivity contribution in [1.82, 2.24) is 14.6 Å². The molecular formula is C11H15ClN4. The van der Waals surface area contributed by atoms with Crippen molar-refractivity contribution >= 4 is 22.9 Å². The second kappa shape index (κ2) is 3.94. The topological polar surface area (TPSA) is 33.4 Å². The van der Waals surface area contributed by atoms with E-state index in [-0.39, 0.29) is 5.54 Å². The number of fused-ring (bicyclic) bond motifs is 1. The fourth-order valence-corrected chi connectivity index (χ4v) is 1.66. The molecule has 0 atom stereocenters. The van der Waals surface area contributed by atoms with Gasteiger partial charge in [-0.15, -0.1) is 11.6 Å². The zero-order valence-corrected chi connectivity index (χ0v) is 10.4. The maximum absolute atomic E-state index is 5.97. The Balaban J connectivity index is 2.51. The monoisotopic (exact) mass is 238 g/mol. The molecule has 0 spiro atoms. The lowest BCUT2D eigenvalue weighted by molar-refractivity contribution is 0.541. The molecule has 2 rings (SSSR count). The summed E-state index contributed by atoms with van der Waals surface area (Å²) in [5.41, 5.74) is 0.851. The predicted octanol–water partition coefficient (Wildman–Crippen LogP) is 2.18. The first-order valence-electron chi connectivity index (χ1n) is 5.14. The van der Waals surface area contributed by atoms with Gasteiger partial charge >= 0.3 is 0 Å². The summed E-state index contributed by atoms with van der Waals surface area (Å²) in [4.78, 5) is 6.48. The van der Waals surface area contributed by atoms with Crippen LogP contribution in [0.15, 0.2) is 24.7 Å². The molecular weight excluding hydrogens is 224 g/mol. The minimum absolute atomic E-state index is 0.138. The number of anilines is 1. The van der Waals surface area contributed by atoms with Gasteiger partial charge in [-0.2, -0.15) is 5.10 Å². The lowest BCUT2D eigenvalue weighted by Crippen LogP contribution is -2.43. The molecule has 0 N–H and O–H groups in total. The molecule has 0 aliphatic carbocycles. The third-order valence-electron chi connectivity index (χ3n) is 2.86. The third-order valence-corrected chi connectivity index (χ3v) is 3.51. The zero-order valence-electron chi connectivity index (χ0n) is 9.68. The standard InChI is InChI=1S/C11H15ClN4/c1-11(2,8-12)15(3)10-9-4-5-14-16(9)7-6-13-10/h4-7H,8H2,1-3H3. The largest absolute Gasteiger partial charge is 0.352 e. The van der Waals surface area contributed by atoms with Gasteiger partial charge in [-0.3, -0.25) is 0 Å². The van der Waals surface area contributed by atoms with Crippen LogP contribution in [-0.4, -0.2) is 33.1 Å². The first kappa shape index (κ1) is 11.2.